The van der Waals surface area contributed by atoms with Crippen LogP contribution in [-0.2, 0) is 32.5 Å². The number of hydrogen-bond donors (Lipinski definition) is 3. The minimum atomic E-state index is -2.87. The van der Waals surface area contributed by atoms with E-state index in [0.717, 1.165) is 68.3 Å². The molecule has 17 nitrogen and oxygen atoms in total. The Morgan fingerprint density at radius 2 is 1.86 bits per heavy atom. The van der Waals surface area contributed by atoms with Crippen molar-refractivity contribution in [2.75, 3.05) is 69.4 Å². The van der Waals surface area contributed by atoms with Crippen molar-refractivity contribution in [3.8, 4) is 0 Å². The fourth-order valence-electron chi connectivity index (χ4n) is 8.14. The molecule has 1 atom stereocenters. The molecule has 1 unspecified atom stereocenters. The Bertz CT molecular complexity index is 2360. The molecule has 3 amide bonds. The molecular weight excluding hydrogens is 755 g/mol. The third-order valence-corrected chi connectivity index (χ3v) is 11.3. The molecule has 3 aliphatic rings. The van der Waals surface area contributed by atoms with Gasteiger partial charge in [-0.3, -0.25) is 34.4 Å². The van der Waals surface area contributed by atoms with Crippen LogP contribution in [0.15, 0.2) is 42.9 Å². The lowest BCUT2D eigenvalue weighted by Crippen LogP contribution is -2.44. The van der Waals surface area contributed by atoms with E-state index in [-0.39, 0.29) is 41.1 Å². The zero-order chi connectivity index (χ0) is 40.3. The number of imidazole rings is 1. The van der Waals surface area contributed by atoms with Crippen LogP contribution in [0.2, 0.25) is 0 Å². The molecule has 8 rings (SSSR count). The second kappa shape index (κ2) is 17.1. The largest absolute Gasteiger partial charge is 0.381 e. The first-order valence-corrected chi connectivity index (χ1v) is 19.9. The predicted molar refractivity (Wildman–Crippen MR) is 208 cm³/mol. The van der Waals surface area contributed by atoms with Crippen molar-refractivity contribution in [3.05, 3.63) is 65.3 Å². The van der Waals surface area contributed by atoms with E-state index in [1.54, 1.807) is 20.0 Å². The van der Waals surface area contributed by atoms with E-state index in [1.165, 1.54) is 16.9 Å². The molecular formula is C39H48F2N12O5. The van der Waals surface area contributed by atoms with Crippen molar-refractivity contribution in [2.45, 2.75) is 63.5 Å². The zero-order valence-electron chi connectivity index (χ0n) is 32.4. The average Bonchev–Trinajstić information content (AvgIpc) is 3.92. The van der Waals surface area contributed by atoms with Crippen molar-refractivity contribution in [1.29, 1.82) is 5.41 Å². The predicted octanol–water partition coefficient (Wildman–Crippen LogP) is 3.38. The molecule has 58 heavy (non-hydrogen) atoms. The number of anilines is 2. The highest BCUT2D eigenvalue weighted by Crippen LogP contribution is 2.31. The molecule has 0 radical (unpaired) electrons. The fourth-order valence-corrected chi connectivity index (χ4v) is 8.14. The number of imide groups is 1. The van der Waals surface area contributed by atoms with E-state index in [9.17, 15) is 23.2 Å². The van der Waals surface area contributed by atoms with Crippen molar-refractivity contribution >= 4 is 45.9 Å². The van der Waals surface area contributed by atoms with Gasteiger partial charge in [-0.05, 0) is 62.3 Å². The monoisotopic (exact) mass is 802 g/mol. The summed E-state index contributed by atoms with van der Waals surface area (Å²) in [5.41, 5.74) is 3.00. The van der Waals surface area contributed by atoms with Crippen LogP contribution in [0.25, 0.3) is 16.7 Å². The van der Waals surface area contributed by atoms with E-state index < -0.39 is 24.1 Å². The Morgan fingerprint density at radius 1 is 1.07 bits per heavy atom. The summed E-state index contributed by atoms with van der Waals surface area (Å²) < 4.78 is 46.2. The molecule has 3 N–H and O–H groups in total. The lowest BCUT2D eigenvalue weighted by atomic mass is 10.1. The topological polar surface area (TPSA) is 182 Å². The van der Waals surface area contributed by atoms with Gasteiger partial charge in [-0.15, -0.1) is 0 Å². The second-order valence-electron chi connectivity index (χ2n) is 15.1. The quantitative estimate of drug-likeness (QED) is 0.111. The van der Waals surface area contributed by atoms with Gasteiger partial charge in [0.05, 0.1) is 42.2 Å². The number of carbonyl (C=O) groups excluding carboxylic acids is 3. The highest BCUT2D eigenvalue weighted by molar-refractivity contribution is 6.08. The van der Waals surface area contributed by atoms with E-state index in [1.807, 2.05) is 25.2 Å². The van der Waals surface area contributed by atoms with Gasteiger partial charge >= 0.3 is 0 Å². The summed E-state index contributed by atoms with van der Waals surface area (Å²) in [6, 6.07) is 7.18. The minimum absolute atomic E-state index is 0.0244. The highest BCUT2D eigenvalue weighted by atomic mass is 19.3. The van der Waals surface area contributed by atoms with Gasteiger partial charge < -0.3 is 29.2 Å². The number of piperidine rings is 2. The van der Waals surface area contributed by atoms with Gasteiger partial charge in [-0.1, -0.05) is 6.07 Å². The van der Waals surface area contributed by atoms with Crippen LogP contribution in [0.1, 0.15) is 78.6 Å². The molecule has 1 aromatic carbocycles. The summed E-state index contributed by atoms with van der Waals surface area (Å²) >= 11 is 0. The number of aromatic nitrogens is 7. The van der Waals surface area contributed by atoms with Gasteiger partial charge in [0.2, 0.25) is 17.4 Å². The fraction of sp³-hybridized carbons (Fsp3) is 0.513. The van der Waals surface area contributed by atoms with Gasteiger partial charge in [-0.2, -0.15) is 10.2 Å². The van der Waals surface area contributed by atoms with E-state index in [0.29, 0.717) is 57.4 Å². The van der Waals surface area contributed by atoms with Crippen molar-refractivity contribution < 1.29 is 32.6 Å². The van der Waals surface area contributed by atoms with E-state index >= 15 is 0 Å². The first-order valence-electron chi connectivity index (χ1n) is 19.9. The summed E-state index contributed by atoms with van der Waals surface area (Å²) in [6.07, 6.45) is 6.36. The first-order chi connectivity index (χ1) is 28.1. The van der Waals surface area contributed by atoms with E-state index in [4.69, 9.17) is 14.9 Å². The number of aryl methyl sites for hydroxylation is 2. The van der Waals surface area contributed by atoms with Crippen molar-refractivity contribution in [3.63, 3.8) is 0 Å². The van der Waals surface area contributed by atoms with Crippen molar-refractivity contribution in [2.24, 2.45) is 7.05 Å². The Labute approximate surface area is 332 Å². The number of carbonyl (C=O) groups is 3. The van der Waals surface area contributed by atoms with Gasteiger partial charge in [-0.25, -0.2) is 18.3 Å². The third-order valence-electron chi connectivity index (χ3n) is 11.3. The summed E-state index contributed by atoms with van der Waals surface area (Å²) in [5, 5.41) is 22.1. The Kier molecular flexibility index (Phi) is 11.6. The summed E-state index contributed by atoms with van der Waals surface area (Å²) in [5.74, 6) is -0.547. The molecule has 19 heteroatoms. The number of likely N-dealkylation sites (tertiary alicyclic amines) is 1. The summed E-state index contributed by atoms with van der Waals surface area (Å²) in [6.45, 7) is 6.20. The van der Waals surface area contributed by atoms with Crippen LogP contribution >= 0.6 is 0 Å². The van der Waals surface area contributed by atoms with Crippen LogP contribution in [0.5, 0.6) is 0 Å². The Morgan fingerprint density at radius 3 is 2.64 bits per heavy atom. The number of nitrogens with one attached hydrogen (secondary N) is 3. The lowest BCUT2D eigenvalue weighted by molar-refractivity contribution is -0.135. The molecule has 3 saturated heterocycles. The molecule has 0 saturated carbocycles. The van der Waals surface area contributed by atoms with Crippen LogP contribution in [0.3, 0.4) is 0 Å². The van der Waals surface area contributed by atoms with Gasteiger partial charge in [0, 0.05) is 71.8 Å². The first kappa shape index (κ1) is 39.3. The number of morpholine rings is 1. The number of alkyl halides is 2. The lowest BCUT2D eigenvalue weighted by Gasteiger charge is -2.32. The number of nitrogens with zero attached hydrogens (tertiary/aromatic N) is 9. The molecule has 0 bridgehead atoms. The van der Waals surface area contributed by atoms with Crippen LogP contribution in [-0.4, -0.2) is 115 Å². The van der Waals surface area contributed by atoms with Gasteiger partial charge in [0.1, 0.15) is 17.4 Å². The average molecular weight is 803 g/mol. The zero-order valence-corrected chi connectivity index (χ0v) is 32.4. The SMILES string of the molecule is Cn1c(=N)n(C2CCC(=O)NC2=O)c2ccc(CCCOCCCN3CCC(n4cc(NC(=O)c5cnn6ccc(N7CCOCC7)nc56)c(C(F)F)n4)CC3)cc21. The number of amides is 3. The van der Waals surface area contributed by atoms with Gasteiger partial charge in [0.25, 0.3) is 12.3 Å². The number of hydrogen-bond acceptors (Lipinski definition) is 11. The second-order valence-corrected chi connectivity index (χ2v) is 15.1. The molecule has 3 fully saturated rings. The minimum Gasteiger partial charge on any atom is -0.381 e. The maximum Gasteiger partial charge on any atom is 0.284 e. The standard InChI is InChI=1S/C39H48F2N12O5/c1-48-31-22-25(5-6-29(31)53(39(48)42)30-7-8-33(54)46-38(30)56)4-2-18-57-19-3-12-49-13-9-26(10-14-49)52-24-28(34(47-52)35(40)41)44-37(55)27-23-43-51-15-11-32(45-36(27)51)50-16-20-58-21-17-50/h5-6,11,15,22-24,26,30,35,42H,2-4,7-10,12-14,16-21H2,1H3,(H,44,55)(H,46,54,56). The maximum atomic E-state index is 14.2. The molecule has 0 aliphatic carbocycles. The molecule has 3 aliphatic heterocycles. The van der Waals surface area contributed by atoms with Gasteiger partial charge in [0.15, 0.2) is 11.3 Å². The molecule has 0 spiro atoms. The number of halogens is 2. The van der Waals surface area contributed by atoms with Crippen LogP contribution in [0, 0.1) is 5.41 Å². The highest BCUT2D eigenvalue weighted by Gasteiger charge is 2.31. The summed E-state index contributed by atoms with van der Waals surface area (Å²) in [4.78, 5) is 46.6. The molecule has 7 heterocycles. The Balaban J connectivity index is 0.779. The molecule has 5 aromatic rings. The number of benzene rings is 1. The van der Waals surface area contributed by atoms with Crippen LogP contribution < -0.4 is 21.2 Å². The van der Waals surface area contributed by atoms with Crippen molar-refractivity contribution in [1.82, 2.24) is 43.7 Å². The third kappa shape index (κ3) is 8.23. The molecule has 308 valence electrons. The maximum absolute atomic E-state index is 14.2. The van der Waals surface area contributed by atoms with E-state index in [2.05, 4.69) is 41.7 Å². The molecule has 4 aromatic heterocycles. The van der Waals surface area contributed by atoms with Crippen LogP contribution in [0.4, 0.5) is 20.3 Å². The normalized spacial score (nSPS) is 18.5. The smallest absolute Gasteiger partial charge is 0.284 e. The number of rotatable bonds is 14. The Hall–Kier alpha value is -5.53. The number of ether oxygens (including phenoxy) is 2. The number of fused-ring (bicyclic) bond motifs is 2. The summed E-state index contributed by atoms with van der Waals surface area (Å²) in [7, 11) is 1.81.